The van der Waals surface area contributed by atoms with Crippen molar-refractivity contribution in [3.05, 3.63) is 54.6 Å². The summed E-state index contributed by atoms with van der Waals surface area (Å²) in [7, 11) is 0. The number of aromatic amines is 1. The lowest BCUT2D eigenvalue weighted by atomic mass is 10.3. The number of imidazole rings is 1. The second kappa shape index (κ2) is 4.93. The van der Waals surface area contributed by atoms with Crippen LogP contribution in [0.1, 0.15) is 0 Å². The topological polar surface area (TPSA) is 54.5 Å². The van der Waals surface area contributed by atoms with E-state index in [1.165, 1.54) is 0 Å². The first kappa shape index (κ1) is 10.9. The highest BCUT2D eigenvalue weighted by atomic mass is 32.1. The van der Waals surface area contributed by atoms with E-state index < -0.39 is 0 Å². The highest BCUT2D eigenvalue weighted by Gasteiger charge is 1.90. The van der Waals surface area contributed by atoms with Gasteiger partial charge in [0.15, 0.2) is 0 Å². The smallest absolute Gasteiger partial charge is 0.116 e. The first-order chi connectivity index (χ1) is 8.93. The number of benzene rings is 1. The van der Waals surface area contributed by atoms with Gasteiger partial charge in [0.25, 0.3) is 0 Å². The predicted octanol–water partition coefficient (Wildman–Crippen LogP) is 3.25. The van der Waals surface area contributed by atoms with Gasteiger partial charge in [0.05, 0.1) is 27.6 Å². The van der Waals surface area contributed by atoms with Gasteiger partial charge in [-0.15, -0.1) is 11.3 Å². The highest BCUT2D eigenvalue weighted by Crippen LogP contribution is 2.15. The summed E-state index contributed by atoms with van der Waals surface area (Å²) in [5, 5.41) is 2.01. The lowest BCUT2D eigenvalue weighted by Crippen LogP contribution is -1.72. The maximum Gasteiger partial charge on any atom is 0.116 e. The van der Waals surface area contributed by atoms with Crippen molar-refractivity contribution in [1.29, 1.82) is 0 Å². The molecule has 0 unspecified atom stereocenters. The third kappa shape index (κ3) is 2.21. The summed E-state index contributed by atoms with van der Waals surface area (Å²) in [5.74, 6) is 0. The molecule has 0 saturated carbocycles. The van der Waals surface area contributed by atoms with Crippen LogP contribution in [0.5, 0.6) is 0 Å². The largest absolute Gasteiger partial charge is 0.345 e. The maximum atomic E-state index is 4.06. The second-order valence-electron chi connectivity index (χ2n) is 3.61. The van der Waals surface area contributed by atoms with Crippen LogP contribution in [0.2, 0.25) is 0 Å². The molecule has 0 atom stereocenters. The van der Waals surface area contributed by atoms with E-state index in [1.54, 1.807) is 24.0 Å². The number of hydrogen-bond acceptors (Lipinski definition) is 4. The summed E-state index contributed by atoms with van der Waals surface area (Å²) >= 11 is 1.66. The first-order valence-electron chi connectivity index (χ1n) is 5.45. The molecule has 4 rings (SSSR count). The van der Waals surface area contributed by atoms with Gasteiger partial charge in [-0.3, -0.25) is 0 Å². The summed E-state index contributed by atoms with van der Waals surface area (Å²) in [4.78, 5) is 15.0. The van der Waals surface area contributed by atoms with Crippen molar-refractivity contribution in [2.45, 2.75) is 0 Å². The fraction of sp³-hybridized carbons (Fsp3) is 0. The van der Waals surface area contributed by atoms with E-state index in [1.807, 2.05) is 41.9 Å². The Bertz CT molecular complexity index is 633. The van der Waals surface area contributed by atoms with Crippen LogP contribution in [0.4, 0.5) is 0 Å². The molecule has 4 nitrogen and oxygen atoms in total. The number of thiophene rings is 1. The van der Waals surface area contributed by atoms with Crippen molar-refractivity contribution in [1.82, 2.24) is 19.9 Å². The minimum Gasteiger partial charge on any atom is -0.345 e. The zero-order chi connectivity index (χ0) is 12.2. The van der Waals surface area contributed by atoms with Crippen LogP contribution in [0.25, 0.3) is 21.3 Å². The number of rotatable bonds is 0. The van der Waals surface area contributed by atoms with E-state index in [2.05, 4.69) is 19.9 Å². The molecule has 4 aromatic rings. The average molecular weight is 254 g/mol. The Kier molecular flexibility index (Phi) is 2.97. The van der Waals surface area contributed by atoms with Crippen molar-refractivity contribution in [2.75, 3.05) is 0 Å². The standard InChI is InChI=1S/C7H6N2.C6H4N2S/c1-2-4-7-6(3-1)8-5-9-7;1-2-9-6-3-7-4-8-5(1)6/h1-5H,(H,8,9);1-4H. The summed E-state index contributed by atoms with van der Waals surface area (Å²) < 4.78 is 1.15. The molecule has 1 N–H and O–H groups in total. The fourth-order valence-corrected chi connectivity index (χ4v) is 2.30. The zero-order valence-corrected chi connectivity index (χ0v) is 10.3. The predicted molar refractivity (Wildman–Crippen MR) is 73.5 cm³/mol. The molecule has 0 spiro atoms. The van der Waals surface area contributed by atoms with Crippen LogP contribution < -0.4 is 0 Å². The molecule has 0 aliphatic rings. The summed E-state index contributed by atoms with van der Waals surface area (Å²) in [6.07, 6.45) is 5.09. The third-order valence-corrected chi connectivity index (χ3v) is 3.30. The SMILES string of the molecule is c1ccc2[nH]cnc2c1.c1ncc2sccc2n1. The van der Waals surface area contributed by atoms with Gasteiger partial charge in [0, 0.05) is 6.20 Å². The minimum atomic E-state index is 1.03. The number of aromatic nitrogens is 4. The number of nitrogens with zero attached hydrogens (tertiary/aromatic N) is 3. The Labute approximate surface area is 107 Å². The van der Waals surface area contributed by atoms with Gasteiger partial charge in [-0.1, -0.05) is 12.1 Å². The molecule has 5 heteroatoms. The Morgan fingerprint density at radius 1 is 1.00 bits per heavy atom. The molecule has 0 amide bonds. The van der Waals surface area contributed by atoms with E-state index in [0.717, 1.165) is 21.3 Å². The van der Waals surface area contributed by atoms with Gasteiger partial charge in [0.1, 0.15) is 6.33 Å². The maximum absolute atomic E-state index is 4.06. The Morgan fingerprint density at radius 2 is 1.94 bits per heavy atom. The molecule has 0 saturated heterocycles. The second-order valence-corrected chi connectivity index (χ2v) is 4.56. The zero-order valence-electron chi connectivity index (χ0n) is 9.45. The first-order valence-corrected chi connectivity index (χ1v) is 6.33. The van der Waals surface area contributed by atoms with Gasteiger partial charge in [0.2, 0.25) is 0 Å². The molecule has 0 aliphatic carbocycles. The fourth-order valence-electron chi connectivity index (χ4n) is 1.59. The van der Waals surface area contributed by atoms with Crippen LogP contribution in [-0.4, -0.2) is 19.9 Å². The van der Waals surface area contributed by atoms with Gasteiger partial charge in [-0.2, -0.15) is 0 Å². The van der Waals surface area contributed by atoms with Gasteiger partial charge < -0.3 is 4.98 Å². The number of hydrogen-bond donors (Lipinski definition) is 1. The number of nitrogens with one attached hydrogen (secondary N) is 1. The normalized spacial score (nSPS) is 10.2. The van der Waals surface area contributed by atoms with E-state index in [4.69, 9.17) is 0 Å². The molecule has 0 fully saturated rings. The molecule has 0 radical (unpaired) electrons. The van der Waals surface area contributed by atoms with Crippen molar-refractivity contribution in [2.24, 2.45) is 0 Å². The van der Waals surface area contributed by atoms with Crippen LogP contribution in [-0.2, 0) is 0 Å². The van der Waals surface area contributed by atoms with E-state index in [-0.39, 0.29) is 0 Å². The molecule has 0 aliphatic heterocycles. The summed E-state index contributed by atoms with van der Waals surface area (Å²) in [5.41, 5.74) is 3.16. The van der Waals surface area contributed by atoms with Crippen LogP contribution >= 0.6 is 11.3 Å². The molecule has 3 aromatic heterocycles. The van der Waals surface area contributed by atoms with Gasteiger partial charge in [-0.05, 0) is 23.6 Å². The number of fused-ring (bicyclic) bond motifs is 2. The van der Waals surface area contributed by atoms with Crippen LogP contribution in [0.3, 0.4) is 0 Å². The minimum absolute atomic E-state index is 1.03. The van der Waals surface area contributed by atoms with Crippen LogP contribution in [0.15, 0.2) is 54.6 Å². The number of H-pyrrole nitrogens is 1. The molecule has 88 valence electrons. The lowest BCUT2D eigenvalue weighted by molar-refractivity contribution is 1.23. The average Bonchev–Trinajstić information content (AvgIpc) is 3.08. The Balaban J connectivity index is 0.000000111. The molecule has 3 heterocycles. The monoisotopic (exact) mass is 254 g/mol. The molecule has 18 heavy (non-hydrogen) atoms. The number of para-hydroxylation sites is 2. The van der Waals surface area contributed by atoms with E-state index in [9.17, 15) is 0 Å². The summed E-state index contributed by atoms with van der Waals surface area (Å²) in [6, 6.07) is 9.93. The van der Waals surface area contributed by atoms with Crippen molar-refractivity contribution >= 4 is 32.6 Å². The highest BCUT2D eigenvalue weighted by molar-refractivity contribution is 7.17. The quantitative estimate of drug-likeness (QED) is 0.524. The van der Waals surface area contributed by atoms with Crippen LogP contribution in [0, 0.1) is 0 Å². The molecular formula is C13H10N4S. The Hall–Kier alpha value is -2.27. The molecule has 1 aromatic carbocycles. The molecular weight excluding hydrogens is 244 g/mol. The van der Waals surface area contributed by atoms with Crippen molar-refractivity contribution in [3.63, 3.8) is 0 Å². The molecule has 0 bridgehead atoms. The van der Waals surface area contributed by atoms with Gasteiger partial charge >= 0.3 is 0 Å². The van der Waals surface area contributed by atoms with Crippen molar-refractivity contribution in [3.8, 4) is 0 Å². The van der Waals surface area contributed by atoms with Crippen molar-refractivity contribution < 1.29 is 0 Å². The lowest BCUT2D eigenvalue weighted by Gasteiger charge is -1.81. The van der Waals surface area contributed by atoms with Gasteiger partial charge in [-0.25, -0.2) is 15.0 Å². The third-order valence-electron chi connectivity index (χ3n) is 2.46. The van der Waals surface area contributed by atoms with E-state index in [0.29, 0.717) is 0 Å². The van der Waals surface area contributed by atoms with E-state index >= 15 is 0 Å². The summed E-state index contributed by atoms with van der Waals surface area (Å²) in [6.45, 7) is 0. The Morgan fingerprint density at radius 3 is 2.83 bits per heavy atom.